The van der Waals surface area contributed by atoms with Gasteiger partial charge in [0.2, 0.25) is 5.88 Å². The molecule has 5 rings (SSSR count). The fraction of sp³-hybridized carbons (Fsp3) is 0.423. The first kappa shape index (κ1) is 22.2. The van der Waals surface area contributed by atoms with Crippen LogP contribution >= 0.6 is 0 Å². The second kappa shape index (κ2) is 8.87. The molecule has 2 heterocycles. The van der Waals surface area contributed by atoms with Crippen molar-refractivity contribution in [2.45, 2.75) is 59.0 Å². The van der Waals surface area contributed by atoms with Crippen LogP contribution in [-0.2, 0) is 4.74 Å². The molecule has 1 aromatic heterocycles. The van der Waals surface area contributed by atoms with E-state index in [1.54, 1.807) is 23.8 Å². The highest BCUT2D eigenvalue weighted by molar-refractivity contribution is 6.09. The van der Waals surface area contributed by atoms with Crippen LogP contribution in [0.2, 0.25) is 0 Å². The number of nitrogens with zero attached hydrogens (tertiary/aromatic N) is 3. The predicted molar refractivity (Wildman–Crippen MR) is 129 cm³/mol. The van der Waals surface area contributed by atoms with E-state index in [1.807, 2.05) is 13.8 Å². The molecule has 0 unspecified atom stereocenters. The first-order valence-electron chi connectivity index (χ1n) is 11.2. The molecule has 0 amide bonds. The number of hydrogen-bond donors (Lipinski definition) is 1. The molecule has 0 atom stereocenters. The Balaban J connectivity index is 0.000000444. The molecule has 0 radical (unpaired) electrons. The Labute approximate surface area is 190 Å². The number of fused-ring (bicyclic) bond motifs is 2. The number of rotatable bonds is 4. The summed E-state index contributed by atoms with van der Waals surface area (Å²) in [6.07, 6.45) is 6.02. The van der Waals surface area contributed by atoms with Gasteiger partial charge in [-0.2, -0.15) is 4.98 Å². The van der Waals surface area contributed by atoms with Crippen molar-refractivity contribution < 1.29 is 9.47 Å². The maximum atomic E-state index is 6.07. The van der Waals surface area contributed by atoms with Gasteiger partial charge in [0, 0.05) is 19.3 Å². The first-order valence-corrected chi connectivity index (χ1v) is 11.2. The zero-order valence-corrected chi connectivity index (χ0v) is 19.7. The summed E-state index contributed by atoms with van der Waals surface area (Å²) >= 11 is 0. The van der Waals surface area contributed by atoms with Gasteiger partial charge in [-0.05, 0) is 68.7 Å². The summed E-state index contributed by atoms with van der Waals surface area (Å²) in [5.74, 6) is 0.771. The molecule has 168 valence electrons. The van der Waals surface area contributed by atoms with E-state index in [2.05, 4.69) is 48.1 Å². The van der Waals surface area contributed by atoms with Crippen molar-refractivity contribution in [3.8, 4) is 5.88 Å². The molecule has 2 aliphatic carbocycles. The van der Waals surface area contributed by atoms with Crippen molar-refractivity contribution in [1.29, 1.82) is 0 Å². The lowest BCUT2D eigenvalue weighted by molar-refractivity contribution is 0.171. The normalized spacial score (nSPS) is 18.1. The van der Waals surface area contributed by atoms with Crippen LogP contribution in [-0.4, -0.2) is 35.0 Å². The highest BCUT2D eigenvalue weighted by Gasteiger charge is 2.35. The molecule has 6 nitrogen and oxygen atoms in total. The lowest BCUT2D eigenvalue weighted by Gasteiger charge is -2.32. The summed E-state index contributed by atoms with van der Waals surface area (Å²) in [5, 5.41) is 0. The molecule has 0 bridgehead atoms. The van der Waals surface area contributed by atoms with Gasteiger partial charge in [-0.1, -0.05) is 36.8 Å². The summed E-state index contributed by atoms with van der Waals surface area (Å²) in [4.78, 5) is 13.0. The molecule has 1 fully saturated rings. The van der Waals surface area contributed by atoms with Gasteiger partial charge in [0.15, 0.2) is 11.5 Å². The van der Waals surface area contributed by atoms with Crippen LogP contribution in [0.5, 0.6) is 5.88 Å². The molecule has 1 saturated carbocycles. The number of aliphatic imine (C=N–C) groups is 1. The van der Waals surface area contributed by atoms with Gasteiger partial charge in [0.1, 0.15) is 11.9 Å². The van der Waals surface area contributed by atoms with Crippen LogP contribution in [0.1, 0.15) is 64.5 Å². The van der Waals surface area contributed by atoms with Crippen LogP contribution in [0.3, 0.4) is 0 Å². The molecule has 3 aliphatic rings. The predicted octanol–water partition coefficient (Wildman–Crippen LogP) is 5.66. The van der Waals surface area contributed by atoms with E-state index in [-0.39, 0.29) is 0 Å². The lowest BCUT2D eigenvalue weighted by atomic mass is 9.90. The van der Waals surface area contributed by atoms with Crippen molar-refractivity contribution in [1.82, 2.24) is 9.97 Å². The molecule has 32 heavy (non-hydrogen) atoms. The molecular weight excluding hydrogens is 400 g/mol. The zero-order chi connectivity index (χ0) is 22.9. The van der Waals surface area contributed by atoms with Gasteiger partial charge in [-0.15, -0.1) is 0 Å². The number of nitrogen functional groups attached to an aromatic ring is 1. The lowest BCUT2D eigenvalue weighted by Crippen LogP contribution is -2.41. The Morgan fingerprint density at radius 2 is 1.75 bits per heavy atom. The van der Waals surface area contributed by atoms with E-state index >= 15 is 0 Å². The average Bonchev–Trinajstić information content (AvgIpc) is 3.56. The molecular formula is C26H32N4O2. The maximum absolute atomic E-state index is 6.07. The second-order valence-electron chi connectivity index (χ2n) is 8.95. The first-order chi connectivity index (χ1) is 15.4. The van der Waals surface area contributed by atoms with Crippen molar-refractivity contribution >= 4 is 22.8 Å². The third-order valence-corrected chi connectivity index (χ3v) is 6.10. The summed E-state index contributed by atoms with van der Waals surface area (Å²) in [7, 11) is 1.71. The minimum atomic E-state index is -0.592. The summed E-state index contributed by atoms with van der Waals surface area (Å²) in [5.41, 5.74) is 15.3. The van der Waals surface area contributed by atoms with Gasteiger partial charge in [0.05, 0.1) is 5.71 Å². The van der Waals surface area contributed by atoms with Crippen LogP contribution in [0.4, 0.5) is 11.5 Å². The smallest absolute Gasteiger partial charge is 0.246 e. The van der Waals surface area contributed by atoms with Gasteiger partial charge >= 0.3 is 0 Å². The quantitative estimate of drug-likeness (QED) is 0.674. The van der Waals surface area contributed by atoms with Crippen molar-refractivity contribution in [2.24, 2.45) is 4.99 Å². The monoisotopic (exact) mass is 432 g/mol. The van der Waals surface area contributed by atoms with Crippen LogP contribution in [0, 0.1) is 0 Å². The van der Waals surface area contributed by atoms with Gasteiger partial charge in [0.25, 0.3) is 0 Å². The van der Waals surface area contributed by atoms with Crippen LogP contribution in [0.15, 0.2) is 52.3 Å². The number of allylic oxidation sites excluding steroid dienone is 4. The number of aromatic nitrogens is 2. The third kappa shape index (κ3) is 4.32. The van der Waals surface area contributed by atoms with Gasteiger partial charge in [-0.3, -0.25) is 0 Å². The van der Waals surface area contributed by atoms with Crippen molar-refractivity contribution in [3.05, 3.63) is 58.4 Å². The minimum Gasteiger partial charge on any atom is -0.463 e. The summed E-state index contributed by atoms with van der Waals surface area (Å²) in [6.45, 7) is 9.23. The van der Waals surface area contributed by atoms with Crippen LogP contribution in [0.25, 0.3) is 5.57 Å². The van der Waals surface area contributed by atoms with Crippen molar-refractivity contribution in [3.63, 3.8) is 0 Å². The SMILES string of the molecule is CC1=C2CC2=C(c2ccc(C3=Nc4c(N)ncnc4OC3(C)C)cc2)CC1.CCCOC. The Hall–Kier alpha value is -2.99. The van der Waals surface area contributed by atoms with E-state index in [0.29, 0.717) is 17.4 Å². The molecule has 0 saturated heterocycles. The molecule has 2 N–H and O–H groups in total. The second-order valence-corrected chi connectivity index (χ2v) is 8.95. The highest BCUT2D eigenvalue weighted by atomic mass is 16.5. The molecule has 1 aromatic carbocycles. The molecule has 2 aromatic rings. The van der Waals surface area contributed by atoms with Crippen molar-refractivity contribution in [2.75, 3.05) is 19.5 Å². The van der Waals surface area contributed by atoms with Gasteiger partial charge < -0.3 is 15.2 Å². The summed E-state index contributed by atoms with van der Waals surface area (Å²) < 4.78 is 10.8. The standard InChI is InChI=1S/C22H22N4O.C4H10O/c1-12-4-9-15(17-10-16(12)17)13-5-7-14(8-6-13)19-22(2,3)27-21-18(26-19)20(23)24-11-25-21;1-3-4-5-2/h5-8,11H,4,9-10H2,1-3H3,(H2,23,24,25);3-4H2,1-2H3. The molecule has 6 heteroatoms. The van der Waals surface area contributed by atoms with Crippen LogP contribution < -0.4 is 10.5 Å². The molecule has 0 spiro atoms. The fourth-order valence-corrected chi connectivity index (χ4v) is 4.30. The largest absolute Gasteiger partial charge is 0.463 e. The zero-order valence-electron chi connectivity index (χ0n) is 19.7. The summed E-state index contributed by atoms with van der Waals surface area (Å²) in [6, 6.07) is 8.66. The Morgan fingerprint density at radius 1 is 1.03 bits per heavy atom. The topological polar surface area (TPSA) is 82.6 Å². The number of anilines is 1. The van der Waals surface area contributed by atoms with E-state index in [0.717, 1.165) is 30.7 Å². The minimum absolute atomic E-state index is 0.335. The fourth-order valence-electron chi connectivity index (χ4n) is 4.30. The number of benzene rings is 1. The third-order valence-electron chi connectivity index (χ3n) is 6.10. The van der Waals surface area contributed by atoms with E-state index in [9.17, 15) is 0 Å². The number of hydrogen-bond acceptors (Lipinski definition) is 6. The maximum Gasteiger partial charge on any atom is 0.246 e. The Morgan fingerprint density at radius 3 is 2.41 bits per heavy atom. The Kier molecular flexibility index (Phi) is 6.15. The van der Waals surface area contributed by atoms with E-state index in [4.69, 9.17) is 20.2 Å². The molecule has 1 aliphatic heterocycles. The number of ether oxygens (including phenoxy) is 2. The average molecular weight is 433 g/mol. The van der Waals surface area contributed by atoms with E-state index in [1.165, 1.54) is 30.3 Å². The Bertz CT molecular complexity index is 1110. The highest BCUT2D eigenvalue weighted by Crippen LogP contribution is 2.50. The number of methoxy groups -OCH3 is 1. The van der Waals surface area contributed by atoms with E-state index < -0.39 is 5.60 Å². The number of nitrogens with two attached hydrogens (primary N) is 1. The van der Waals surface area contributed by atoms with Gasteiger partial charge in [-0.25, -0.2) is 9.98 Å².